The van der Waals surface area contributed by atoms with Gasteiger partial charge in [-0.1, -0.05) is 35.9 Å². The summed E-state index contributed by atoms with van der Waals surface area (Å²) in [4.78, 5) is 12.5. The van der Waals surface area contributed by atoms with Gasteiger partial charge in [-0.3, -0.25) is 4.79 Å². The summed E-state index contributed by atoms with van der Waals surface area (Å²) in [5, 5.41) is 4.10. The van der Waals surface area contributed by atoms with Gasteiger partial charge in [0, 0.05) is 30.0 Å². The van der Waals surface area contributed by atoms with Gasteiger partial charge in [-0.25, -0.2) is 8.42 Å². The first-order valence-electron chi connectivity index (χ1n) is 9.52. The van der Waals surface area contributed by atoms with Crippen molar-refractivity contribution in [1.29, 1.82) is 0 Å². The molecule has 1 saturated heterocycles. The zero-order valence-electron chi connectivity index (χ0n) is 16.1. The van der Waals surface area contributed by atoms with E-state index in [1.54, 1.807) is 36.4 Å². The molecule has 7 nitrogen and oxygen atoms in total. The second kappa shape index (κ2) is 8.77. The lowest BCUT2D eigenvalue weighted by atomic mass is 10.1. The molecular weight excluding hydrogens is 428 g/mol. The summed E-state index contributed by atoms with van der Waals surface area (Å²) in [5.74, 6) is -0.332. The zero-order valence-corrected chi connectivity index (χ0v) is 17.7. The molecule has 9 heteroatoms. The van der Waals surface area contributed by atoms with Crippen LogP contribution in [0.1, 0.15) is 21.7 Å². The first-order chi connectivity index (χ1) is 14.4. The van der Waals surface area contributed by atoms with Crippen LogP contribution in [0.15, 0.2) is 52.9 Å². The molecule has 1 amide bonds. The Morgan fingerprint density at radius 2 is 1.80 bits per heavy atom. The van der Waals surface area contributed by atoms with Gasteiger partial charge in [-0.05, 0) is 35.4 Å². The molecule has 0 aliphatic carbocycles. The van der Waals surface area contributed by atoms with Gasteiger partial charge in [-0.15, -0.1) is 0 Å². The maximum absolute atomic E-state index is 12.8. The number of morpholine rings is 1. The number of furan rings is 1. The summed E-state index contributed by atoms with van der Waals surface area (Å²) in [6.45, 7) is 1.71. The average molecular weight is 449 g/mol. The van der Waals surface area contributed by atoms with E-state index in [9.17, 15) is 13.2 Å². The summed E-state index contributed by atoms with van der Waals surface area (Å²) in [5.41, 5.74) is 1.96. The van der Waals surface area contributed by atoms with Crippen molar-refractivity contribution < 1.29 is 22.4 Å². The number of fused-ring (bicyclic) bond motifs is 1. The Bertz CT molecular complexity index is 1170. The minimum atomic E-state index is -3.46. The molecule has 2 aromatic carbocycles. The number of nitrogens with one attached hydrogen (secondary N) is 1. The number of hydrogen-bond acceptors (Lipinski definition) is 5. The fourth-order valence-corrected chi connectivity index (χ4v) is 5.12. The molecule has 1 aromatic heterocycles. The Morgan fingerprint density at radius 1 is 1.07 bits per heavy atom. The SMILES string of the molecule is O=C(NCc1ccccc1CS(=O)(=O)N1CCOCC1)c1cc2cc(Cl)ccc2o1. The number of sulfonamides is 1. The maximum atomic E-state index is 12.8. The normalized spacial score (nSPS) is 15.4. The lowest BCUT2D eigenvalue weighted by Crippen LogP contribution is -2.41. The summed E-state index contributed by atoms with van der Waals surface area (Å²) >= 11 is 5.97. The first-order valence-corrected chi connectivity index (χ1v) is 11.5. The van der Waals surface area contributed by atoms with Gasteiger partial charge in [0.25, 0.3) is 5.91 Å². The Labute approximate surface area is 179 Å². The number of carbonyl (C=O) groups excluding carboxylic acids is 1. The second-order valence-corrected chi connectivity index (χ2v) is 9.42. The molecule has 1 fully saturated rings. The Hall–Kier alpha value is -2.39. The lowest BCUT2D eigenvalue weighted by molar-refractivity contribution is 0.0729. The van der Waals surface area contributed by atoms with Crippen LogP contribution in [0.2, 0.25) is 5.02 Å². The fraction of sp³-hybridized carbons (Fsp3) is 0.286. The summed E-state index contributed by atoms with van der Waals surface area (Å²) in [7, 11) is -3.46. The summed E-state index contributed by atoms with van der Waals surface area (Å²) in [6.07, 6.45) is 0. The first kappa shape index (κ1) is 20.9. The minimum absolute atomic E-state index is 0.123. The number of benzene rings is 2. The molecule has 0 spiro atoms. The molecule has 30 heavy (non-hydrogen) atoms. The molecular formula is C21H21ClN2O5S. The van der Waals surface area contributed by atoms with E-state index in [1.165, 1.54) is 4.31 Å². The van der Waals surface area contributed by atoms with Crippen LogP contribution in [-0.4, -0.2) is 44.9 Å². The van der Waals surface area contributed by atoms with Gasteiger partial charge in [-0.2, -0.15) is 4.31 Å². The maximum Gasteiger partial charge on any atom is 0.287 e. The zero-order chi connectivity index (χ0) is 21.1. The minimum Gasteiger partial charge on any atom is -0.451 e. The average Bonchev–Trinajstić information content (AvgIpc) is 3.16. The monoisotopic (exact) mass is 448 g/mol. The third-order valence-electron chi connectivity index (χ3n) is 4.96. The van der Waals surface area contributed by atoms with Gasteiger partial charge >= 0.3 is 0 Å². The molecule has 0 bridgehead atoms. The fourth-order valence-electron chi connectivity index (χ4n) is 3.37. The van der Waals surface area contributed by atoms with Crippen molar-refractivity contribution in [3.8, 4) is 0 Å². The topological polar surface area (TPSA) is 88.9 Å². The van der Waals surface area contributed by atoms with Crippen molar-refractivity contribution in [3.63, 3.8) is 0 Å². The summed E-state index contributed by atoms with van der Waals surface area (Å²) in [6, 6.07) is 13.9. The predicted octanol–water partition coefficient (Wildman–Crippen LogP) is 3.18. The third kappa shape index (κ3) is 4.67. The molecule has 1 N–H and O–H groups in total. The van der Waals surface area contributed by atoms with Crippen molar-refractivity contribution in [2.24, 2.45) is 0 Å². The molecule has 0 saturated carbocycles. The van der Waals surface area contributed by atoms with E-state index < -0.39 is 10.0 Å². The Kier molecular flexibility index (Phi) is 6.10. The quantitative estimate of drug-likeness (QED) is 0.625. The van der Waals surface area contributed by atoms with Crippen LogP contribution in [0, 0.1) is 0 Å². The van der Waals surface area contributed by atoms with Crippen LogP contribution < -0.4 is 5.32 Å². The highest BCUT2D eigenvalue weighted by atomic mass is 35.5. The molecule has 2 heterocycles. The number of rotatable bonds is 6. The van der Waals surface area contributed by atoms with Crippen LogP contribution in [0.4, 0.5) is 0 Å². The number of hydrogen-bond donors (Lipinski definition) is 1. The molecule has 158 valence electrons. The molecule has 1 aliphatic heterocycles. The predicted molar refractivity (Wildman–Crippen MR) is 114 cm³/mol. The molecule has 0 radical (unpaired) electrons. The number of amides is 1. The highest BCUT2D eigenvalue weighted by molar-refractivity contribution is 7.88. The van der Waals surface area contributed by atoms with Gasteiger partial charge < -0.3 is 14.5 Å². The Balaban J connectivity index is 1.46. The van der Waals surface area contributed by atoms with E-state index in [-0.39, 0.29) is 24.0 Å². The van der Waals surface area contributed by atoms with Gasteiger partial charge in [0.15, 0.2) is 5.76 Å². The highest BCUT2D eigenvalue weighted by Crippen LogP contribution is 2.23. The van der Waals surface area contributed by atoms with Crippen molar-refractivity contribution in [2.45, 2.75) is 12.3 Å². The van der Waals surface area contributed by atoms with Crippen molar-refractivity contribution in [1.82, 2.24) is 9.62 Å². The largest absolute Gasteiger partial charge is 0.451 e. The van der Waals surface area contributed by atoms with E-state index in [2.05, 4.69) is 5.32 Å². The van der Waals surface area contributed by atoms with Crippen LogP contribution in [0.5, 0.6) is 0 Å². The van der Waals surface area contributed by atoms with Crippen LogP contribution in [-0.2, 0) is 27.1 Å². The van der Waals surface area contributed by atoms with Crippen molar-refractivity contribution in [2.75, 3.05) is 26.3 Å². The van der Waals surface area contributed by atoms with E-state index in [0.717, 1.165) is 10.9 Å². The highest BCUT2D eigenvalue weighted by Gasteiger charge is 2.25. The molecule has 1 aliphatic rings. The van der Waals surface area contributed by atoms with E-state index >= 15 is 0 Å². The van der Waals surface area contributed by atoms with E-state index in [0.29, 0.717) is 42.5 Å². The van der Waals surface area contributed by atoms with E-state index in [4.69, 9.17) is 20.8 Å². The number of ether oxygens (including phenoxy) is 1. The molecule has 0 unspecified atom stereocenters. The Morgan fingerprint density at radius 3 is 2.57 bits per heavy atom. The second-order valence-electron chi connectivity index (χ2n) is 7.01. The standard InChI is InChI=1S/C21H21ClN2O5S/c22-18-5-6-19-17(11-18)12-20(29-19)21(25)23-13-15-3-1-2-4-16(15)14-30(26,27)24-7-9-28-10-8-24/h1-6,11-12H,7-10,13-14H2,(H,23,25). The van der Waals surface area contributed by atoms with Gasteiger partial charge in [0.1, 0.15) is 5.58 Å². The number of nitrogens with zero attached hydrogens (tertiary/aromatic N) is 1. The molecule has 0 atom stereocenters. The van der Waals surface area contributed by atoms with Crippen molar-refractivity contribution >= 4 is 38.5 Å². The van der Waals surface area contributed by atoms with Crippen molar-refractivity contribution in [3.05, 3.63) is 70.4 Å². The molecule has 3 aromatic rings. The third-order valence-corrected chi connectivity index (χ3v) is 7.02. The number of carbonyl (C=O) groups is 1. The lowest BCUT2D eigenvalue weighted by Gasteiger charge is -2.26. The van der Waals surface area contributed by atoms with Crippen LogP contribution in [0.25, 0.3) is 11.0 Å². The molecule has 4 rings (SSSR count). The van der Waals surface area contributed by atoms with Gasteiger partial charge in [0.2, 0.25) is 10.0 Å². The van der Waals surface area contributed by atoms with Crippen LogP contribution >= 0.6 is 11.6 Å². The van der Waals surface area contributed by atoms with E-state index in [1.807, 2.05) is 12.1 Å². The van der Waals surface area contributed by atoms with Crippen LogP contribution in [0.3, 0.4) is 0 Å². The van der Waals surface area contributed by atoms with Gasteiger partial charge in [0.05, 0.1) is 19.0 Å². The number of halogens is 1. The summed E-state index contributed by atoms with van der Waals surface area (Å²) < 4.78 is 37.8. The smallest absolute Gasteiger partial charge is 0.287 e.